The van der Waals surface area contributed by atoms with E-state index in [0.717, 1.165) is 11.3 Å². The third-order valence-corrected chi connectivity index (χ3v) is 7.67. The summed E-state index contributed by atoms with van der Waals surface area (Å²) in [6.45, 7) is 3.93. The number of anilines is 1. The number of rotatable bonds is 13. The van der Waals surface area contributed by atoms with Gasteiger partial charge in [-0.2, -0.15) is 0 Å². The maximum atomic E-state index is 13.3. The second kappa shape index (κ2) is 14.0. The minimum absolute atomic E-state index is 0.0156. The predicted molar refractivity (Wildman–Crippen MR) is 147 cm³/mol. The van der Waals surface area contributed by atoms with Gasteiger partial charge in [0, 0.05) is 38.2 Å². The zero-order chi connectivity index (χ0) is 28.7. The second-order valence-corrected chi connectivity index (χ2v) is 11.0. The summed E-state index contributed by atoms with van der Waals surface area (Å²) in [5.74, 6) is -1.03. The fourth-order valence-electron chi connectivity index (χ4n) is 5.61. The van der Waals surface area contributed by atoms with E-state index >= 15 is 0 Å². The maximum Gasteiger partial charge on any atom is 0.347 e. The molecular formula is C30H43NO8. The van der Waals surface area contributed by atoms with E-state index in [2.05, 4.69) is 13.0 Å². The van der Waals surface area contributed by atoms with Crippen LogP contribution in [0.5, 0.6) is 5.75 Å². The normalized spacial score (nSPS) is 26.5. The molecule has 0 radical (unpaired) electrons. The minimum Gasteiger partial charge on any atom is -0.481 e. The van der Waals surface area contributed by atoms with Crippen LogP contribution in [0.3, 0.4) is 0 Å². The molecule has 0 aromatic heterocycles. The van der Waals surface area contributed by atoms with Crippen LogP contribution >= 0.6 is 0 Å². The summed E-state index contributed by atoms with van der Waals surface area (Å²) in [7, 11) is 3.86. The molecule has 9 heteroatoms. The van der Waals surface area contributed by atoms with Gasteiger partial charge in [0.1, 0.15) is 11.9 Å². The molecule has 0 fully saturated rings. The first-order valence-corrected chi connectivity index (χ1v) is 13.8. The highest BCUT2D eigenvalue weighted by Crippen LogP contribution is 2.44. The fraction of sp³-hybridized carbons (Fsp3) is 0.600. The number of carbonyl (C=O) groups is 2. The molecular weight excluding hydrogens is 502 g/mol. The van der Waals surface area contributed by atoms with E-state index in [0.29, 0.717) is 25.0 Å². The van der Waals surface area contributed by atoms with Gasteiger partial charge < -0.3 is 34.8 Å². The second-order valence-electron chi connectivity index (χ2n) is 11.0. The number of fused-ring (bicyclic) bond motifs is 1. The summed E-state index contributed by atoms with van der Waals surface area (Å²) in [5.41, 5.74) is 1.85. The van der Waals surface area contributed by atoms with E-state index in [1.165, 1.54) is 0 Å². The molecule has 0 amide bonds. The number of carboxylic acid groups (broad SMARTS) is 1. The third-order valence-electron chi connectivity index (χ3n) is 7.67. The highest BCUT2D eigenvalue weighted by atomic mass is 16.6. The van der Waals surface area contributed by atoms with Crippen LogP contribution in [0.25, 0.3) is 0 Å². The van der Waals surface area contributed by atoms with Gasteiger partial charge in [-0.15, -0.1) is 0 Å². The minimum atomic E-state index is -1.11. The lowest BCUT2D eigenvalue weighted by atomic mass is 9.66. The number of carbonyl (C=O) groups excluding carboxylic acids is 1. The lowest BCUT2D eigenvalue weighted by Gasteiger charge is -2.43. The predicted octanol–water partition coefficient (Wildman–Crippen LogP) is 3.32. The fourth-order valence-corrected chi connectivity index (χ4v) is 5.61. The van der Waals surface area contributed by atoms with Crippen molar-refractivity contribution in [3.05, 3.63) is 48.1 Å². The van der Waals surface area contributed by atoms with Crippen LogP contribution in [-0.2, 0) is 14.3 Å². The van der Waals surface area contributed by atoms with Crippen LogP contribution in [0.1, 0.15) is 52.4 Å². The Hall–Kier alpha value is -2.88. The number of benzene rings is 1. The summed E-state index contributed by atoms with van der Waals surface area (Å²) >= 11 is 0. The molecule has 3 rings (SSSR count). The number of aliphatic carboxylic acids is 1. The third kappa shape index (κ3) is 8.55. The Bertz CT molecular complexity index is 1040. The van der Waals surface area contributed by atoms with E-state index < -0.39 is 48.9 Å². The molecule has 0 bridgehead atoms. The van der Waals surface area contributed by atoms with E-state index in [1.807, 2.05) is 50.2 Å². The van der Waals surface area contributed by atoms with E-state index in [4.69, 9.17) is 14.6 Å². The molecule has 0 heterocycles. The molecule has 2 aliphatic carbocycles. The smallest absolute Gasteiger partial charge is 0.347 e. The quantitative estimate of drug-likeness (QED) is 0.275. The Balaban J connectivity index is 1.71. The molecule has 8 atom stereocenters. The van der Waals surface area contributed by atoms with Gasteiger partial charge >= 0.3 is 11.9 Å². The number of aliphatic hydroxyl groups excluding tert-OH is 3. The lowest BCUT2D eigenvalue weighted by molar-refractivity contribution is -0.163. The Kier molecular flexibility index (Phi) is 11.0. The van der Waals surface area contributed by atoms with E-state index in [9.17, 15) is 24.9 Å². The molecule has 39 heavy (non-hydrogen) atoms. The molecule has 0 spiro atoms. The largest absolute Gasteiger partial charge is 0.481 e. The molecule has 0 saturated heterocycles. The number of esters is 1. The number of allylic oxidation sites excluding steroid dienone is 2. The van der Waals surface area contributed by atoms with Gasteiger partial charge in [0.25, 0.3) is 0 Å². The Morgan fingerprint density at radius 2 is 1.92 bits per heavy atom. The maximum absolute atomic E-state index is 13.3. The molecule has 0 aliphatic heterocycles. The van der Waals surface area contributed by atoms with Crippen molar-refractivity contribution in [2.75, 3.05) is 19.0 Å². The first kappa shape index (κ1) is 30.7. The van der Waals surface area contributed by atoms with Crippen molar-refractivity contribution in [1.82, 2.24) is 0 Å². The first-order chi connectivity index (χ1) is 18.5. The highest BCUT2D eigenvalue weighted by Gasteiger charge is 2.42. The monoisotopic (exact) mass is 545 g/mol. The van der Waals surface area contributed by atoms with Crippen molar-refractivity contribution in [2.24, 2.45) is 17.8 Å². The van der Waals surface area contributed by atoms with Gasteiger partial charge in [-0.3, -0.25) is 4.79 Å². The molecule has 1 aromatic carbocycles. The average molecular weight is 546 g/mol. The number of hydrogen-bond donors (Lipinski definition) is 4. The first-order valence-electron chi connectivity index (χ1n) is 13.8. The van der Waals surface area contributed by atoms with Crippen LogP contribution < -0.4 is 9.64 Å². The van der Waals surface area contributed by atoms with Crippen molar-refractivity contribution >= 4 is 17.6 Å². The van der Waals surface area contributed by atoms with Crippen LogP contribution in [0.2, 0.25) is 0 Å². The Labute approximate surface area is 230 Å². The van der Waals surface area contributed by atoms with Crippen LogP contribution in [0.4, 0.5) is 5.69 Å². The average Bonchev–Trinajstić information content (AvgIpc) is 2.86. The van der Waals surface area contributed by atoms with Crippen molar-refractivity contribution in [3.8, 4) is 5.75 Å². The topological polar surface area (TPSA) is 137 Å². The number of hydrogen-bond acceptors (Lipinski definition) is 8. The number of nitrogens with zero attached hydrogens (tertiary/aromatic N) is 1. The van der Waals surface area contributed by atoms with Crippen LogP contribution in [0, 0.1) is 17.8 Å². The van der Waals surface area contributed by atoms with Gasteiger partial charge in [-0.05, 0) is 55.2 Å². The van der Waals surface area contributed by atoms with E-state index in [-0.39, 0.29) is 30.6 Å². The lowest BCUT2D eigenvalue weighted by Crippen LogP contribution is -2.44. The number of carboxylic acids is 1. The standard InChI is InChI=1S/C30H43NO8/c1-5-26(38-24-8-6-7-20(14-24)31(3)4)30(37)39-27-16-22(33)13-19-10-9-18(2)25(29(19)27)12-11-21(32)15-23(34)17-28(35)36/h6-10,13-14,18,21-23,25-27,29,32-34H,5,11-12,15-17H2,1-4H3,(H,35,36)/t18-,21+,22+,23+,25-,26?,27-,29-/m0/s1. The molecule has 4 N–H and O–H groups in total. The summed E-state index contributed by atoms with van der Waals surface area (Å²) in [6, 6.07) is 7.48. The van der Waals surface area contributed by atoms with Crippen molar-refractivity contribution in [3.63, 3.8) is 0 Å². The molecule has 216 valence electrons. The van der Waals surface area contributed by atoms with Crippen LogP contribution in [-0.4, -0.2) is 77.0 Å². The molecule has 1 aromatic rings. The van der Waals surface area contributed by atoms with Gasteiger partial charge in [0.2, 0.25) is 0 Å². The molecule has 9 nitrogen and oxygen atoms in total. The summed E-state index contributed by atoms with van der Waals surface area (Å²) < 4.78 is 12.1. The summed E-state index contributed by atoms with van der Waals surface area (Å²) in [6.07, 6.45) is 2.97. The molecule has 2 aliphatic rings. The van der Waals surface area contributed by atoms with Gasteiger partial charge in [0.05, 0.1) is 24.7 Å². The van der Waals surface area contributed by atoms with Crippen molar-refractivity contribution < 1.29 is 39.5 Å². The van der Waals surface area contributed by atoms with Gasteiger partial charge in [-0.1, -0.05) is 38.1 Å². The molecule has 0 saturated carbocycles. The van der Waals surface area contributed by atoms with Crippen molar-refractivity contribution in [1.29, 1.82) is 0 Å². The molecule has 1 unspecified atom stereocenters. The SMILES string of the molecule is CCC(Oc1cccc(N(C)C)c1)C(=O)O[C@H]1C[C@H](O)C=C2C=C[C@H](C)[C@H](CC[C@@H](O)C[C@@H](O)CC(=O)O)[C@H]21. The summed E-state index contributed by atoms with van der Waals surface area (Å²) in [5, 5.41) is 39.8. The van der Waals surface area contributed by atoms with Crippen molar-refractivity contribution in [2.45, 2.75) is 82.9 Å². The zero-order valence-electron chi connectivity index (χ0n) is 23.3. The van der Waals surface area contributed by atoms with Gasteiger partial charge in [0.15, 0.2) is 6.10 Å². The highest BCUT2D eigenvalue weighted by molar-refractivity contribution is 5.75. The Morgan fingerprint density at radius 1 is 1.18 bits per heavy atom. The van der Waals surface area contributed by atoms with Gasteiger partial charge in [-0.25, -0.2) is 4.79 Å². The van der Waals surface area contributed by atoms with Crippen LogP contribution in [0.15, 0.2) is 48.1 Å². The van der Waals surface area contributed by atoms with E-state index in [1.54, 1.807) is 12.1 Å². The number of ether oxygens (including phenoxy) is 2. The number of aliphatic hydroxyl groups is 3. The summed E-state index contributed by atoms with van der Waals surface area (Å²) in [4.78, 5) is 26.1. The Morgan fingerprint density at radius 3 is 2.59 bits per heavy atom. The zero-order valence-corrected chi connectivity index (χ0v) is 23.3.